The van der Waals surface area contributed by atoms with Crippen LogP contribution in [-0.4, -0.2) is 11.0 Å². The molecule has 0 radical (unpaired) electrons. The molecule has 2 unspecified atom stereocenters. The van der Waals surface area contributed by atoms with E-state index in [1.807, 2.05) is 12.1 Å². The summed E-state index contributed by atoms with van der Waals surface area (Å²) in [6.07, 6.45) is 3.24. The second-order valence-corrected chi connectivity index (χ2v) is 7.61. The summed E-state index contributed by atoms with van der Waals surface area (Å²) < 4.78 is 0. The van der Waals surface area contributed by atoms with Gasteiger partial charge in [0.1, 0.15) is 0 Å². The lowest BCUT2D eigenvalue weighted by Gasteiger charge is -2.28. The summed E-state index contributed by atoms with van der Waals surface area (Å²) in [6.45, 7) is 8.95. The number of hydrogen-bond donors (Lipinski definition) is 0. The molecule has 0 saturated heterocycles. The Morgan fingerprint density at radius 3 is 2.58 bits per heavy atom. The van der Waals surface area contributed by atoms with Crippen molar-refractivity contribution in [3.63, 3.8) is 0 Å². The van der Waals surface area contributed by atoms with Crippen LogP contribution in [0.3, 0.4) is 0 Å². The zero-order valence-electron chi connectivity index (χ0n) is 12.3. The number of aryl methyl sites for hydroxylation is 1. The summed E-state index contributed by atoms with van der Waals surface area (Å²) in [5.74, 6) is 0.704. The van der Waals surface area contributed by atoms with E-state index >= 15 is 0 Å². The lowest BCUT2D eigenvalue weighted by Crippen LogP contribution is -2.21. The molecular formula is C16H24ClPS. The van der Waals surface area contributed by atoms with Gasteiger partial charge in [-0.1, -0.05) is 56.7 Å². The molecule has 3 heteroatoms. The first-order valence-electron chi connectivity index (χ1n) is 6.75. The molecule has 106 valence electrons. The topological polar surface area (TPSA) is 0 Å². The Hall–Kier alpha value is 0.0300. The van der Waals surface area contributed by atoms with Gasteiger partial charge in [0, 0.05) is 15.5 Å². The zero-order chi connectivity index (χ0) is 14.6. The fourth-order valence-corrected chi connectivity index (χ4v) is 3.83. The van der Waals surface area contributed by atoms with Crippen molar-refractivity contribution in [1.29, 1.82) is 0 Å². The van der Waals surface area contributed by atoms with Crippen LogP contribution in [0.15, 0.2) is 18.2 Å². The molecule has 0 aliphatic heterocycles. The van der Waals surface area contributed by atoms with Crippen LogP contribution >= 0.6 is 33.1 Å². The monoisotopic (exact) mass is 314 g/mol. The first-order valence-corrected chi connectivity index (χ1v) is 8.35. The van der Waals surface area contributed by atoms with Crippen molar-refractivity contribution < 1.29 is 0 Å². The number of thiocarbonyl (C=S) groups is 1. The van der Waals surface area contributed by atoms with Crippen molar-refractivity contribution in [3.8, 4) is 0 Å². The minimum atomic E-state index is 0.221. The quantitative estimate of drug-likeness (QED) is 0.369. The molecule has 0 nitrogen and oxygen atoms in total. The van der Waals surface area contributed by atoms with E-state index in [0.29, 0.717) is 5.92 Å². The van der Waals surface area contributed by atoms with Crippen molar-refractivity contribution in [2.45, 2.75) is 40.5 Å². The summed E-state index contributed by atoms with van der Waals surface area (Å²) >= 11 is 11.9. The second kappa shape index (κ2) is 7.16. The predicted molar refractivity (Wildman–Crippen MR) is 94.6 cm³/mol. The molecule has 2 atom stereocenters. The Labute approximate surface area is 130 Å². The van der Waals surface area contributed by atoms with Crippen LogP contribution < -0.4 is 0 Å². The Balaban J connectivity index is 2.85. The SMILES string of the molecule is Cc1cccc(Cl)c1C(=S)CC(C)(C)CC(C)CP. The van der Waals surface area contributed by atoms with Gasteiger partial charge in [-0.25, -0.2) is 0 Å². The van der Waals surface area contributed by atoms with Crippen LogP contribution in [0, 0.1) is 18.3 Å². The minimum Gasteiger partial charge on any atom is -0.137 e. The Bertz CT molecular complexity index is 434. The largest absolute Gasteiger partial charge is 0.137 e. The number of hydrogen-bond acceptors (Lipinski definition) is 1. The molecule has 1 aromatic carbocycles. The maximum Gasteiger partial charge on any atom is 0.0492 e. The number of benzene rings is 1. The molecule has 0 fully saturated rings. The summed E-state index contributed by atoms with van der Waals surface area (Å²) in [5, 5.41) is 0.778. The Morgan fingerprint density at radius 2 is 2.05 bits per heavy atom. The molecule has 0 aliphatic rings. The van der Waals surface area contributed by atoms with E-state index in [9.17, 15) is 0 Å². The molecule has 0 spiro atoms. The third-order valence-electron chi connectivity index (χ3n) is 3.44. The van der Waals surface area contributed by atoms with Crippen LogP contribution in [0.5, 0.6) is 0 Å². The first kappa shape index (κ1) is 17.1. The summed E-state index contributed by atoms with van der Waals surface area (Å²) in [7, 11) is 2.83. The van der Waals surface area contributed by atoms with Gasteiger partial charge in [0.2, 0.25) is 0 Å². The van der Waals surface area contributed by atoms with Gasteiger partial charge in [-0.3, -0.25) is 0 Å². The molecular weight excluding hydrogens is 291 g/mol. The predicted octanol–water partition coefficient (Wildman–Crippen LogP) is 5.68. The highest BCUT2D eigenvalue weighted by molar-refractivity contribution is 7.80. The van der Waals surface area contributed by atoms with E-state index in [1.165, 1.54) is 12.0 Å². The van der Waals surface area contributed by atoms with E-state index < -0.39 is 0 Å². The fraction of sp³-hybridized carbons (Fsp3) is 0.562. The summed E-state index contributed by atoms with van der Waals surface area (Å²) in [4.78, 5) is 0.990. The standard InChI is InChI=1S/C16H24ClPS/c1-11(10-18)8-16(3,4)9-14(19)15-12(2)6-5-7-13(15)17/h5-7,11H,8-10,18H2,1-4H3. The van der Waals surface area contributed by atoms with Gasteiger partial charge < -0.3 is 0 Å². The van der Waals surface area contributed by atoms with Crippen molar-refractivity contribution in [3.05, 3.63) is 34.3 Å². The maximum atomic E-state index is 6.30. The molecule has 0 N–H and O–H groups in total. The maximum absolute atomic E-state index is 6.30. The van der Waals surface area contributed by atoms with Crippen LogP contribution in [0.25, 0.3) is 0 Å². The van der Waals surface area contributed by atoms with Gasteiger partial charge in [-0.2, -0.15) is 0 Å². The highest BCUT2D eigenvalue weighted by Crippen LogP contribution is 2.33. The molecule has 0 aliphatic carbocycles. The molecule has 19 heavy (non-hydrogen) atoms. The van der Waals surface area contributed by atoms with Crippen LogP contribution in [0.1, 0.15) is 44.7 Å². The average Bonchev–Trinajstić information content (AvgIpc) is 2.27. The normalized spacial score (nSPS) is 13.4. The van der Waals surface area contributed by atoms with Gasteiger partial charge in [-0.15, -0.1) is 9.24 Å². The fourth-order valence-electron chi connectivity index (χ4n) is 2.61. The van der Waals surface area contributed by atoms with Crippen molar-refractivity contribution in [2.24, 2.45) is 11.3 Å². The van der Waals surface area contributed by atoms with E-state index in [4.69, 9.17) is 23.8 Å². The van der Waals surface area contributed by atoms with Gasteiger partial charge >= 0.3 is 0 Å². The van der Waals surface area contributed by atoms with E-state index in [0.717, 1.165) is 28.0 Å². The first-order chi connectivity index (χ1) is 8.76. The molecule has 1 aromatic rings. The van der Waals surface area contributed by atoms with E-state index in [2.05, 4.69) is 43.0 Å². The Morgan fingerprint density at radius 1 is 1.42 bits per heavy atom. The van der Waals surface area contributed by atoms with Crippen LogP contribution in [-0.2, 0) is 0 Å². The zero-order valence-corrected chi connectivity index (χ0v) is 15.0. The molecule has 0 heterocycles. The average molecular weight is 315 g/mol. The van der Waals surface area contributed by atoms with Gasteiger partial charge in [0.15, 0.2) is 0 Å². The third kappa shape index (κ3) is 5.14. The van der Waals surface area contributed by atoms with Crippen LogP contribution in [0.4, 0.5) is 0 Å². The molecule has 0 bridgehead atoms. The van der Waals surface area contributed by atoms with Crippen LogP contribution in [0.2, 0.25) is 5.02 Å². The third-order valence-corrected chi connectivity index (χ3v) is 4.91. The highest BCUT2D eigenvalue weighted by atomic mass is 35.5. The Kier molecular flexibility index (Phi) is 6.43. The van der Waals surface area contributed by atoms with Gasteiger partial charge in [0.25, 0.3) is 0 Å². The summed E-state index contributed by atoms with van der Waals surface area (Å²) in [5.41, 5.74) is 2.46. The molecule has 0 saturated carbocycles. The van der Waals surface area contributed by atoms with Crippen molar-refractivity contribution >= 4 is 37.9 Å². The number of rotatable bonds is 6. The highest BCUT2D eigenvalue weighted by Gasteiger charge is 2.24. The lowest BCUT2D eigenvalue weighted by molar-refractivity contribution is 0.303. The molecule has 0 aromatic heterocycles. The second-order valence-electron chi connectivity index (χ2n) is 6.24. The molecule has 0 amide bonds. The minimum absolute atomic E-state index is 0.221. The smallest absolute Gasteiger partial charge is 0.0492 e. The van der Waals surface area contributed by atoms with E-state index in [1.54, 1.807) is 0 Å². The van der Waals surface area contributed by atoms with E-state index in [-0.39, 0.29) is 5.41 Å². The lowest BCUT2D eigenvalue weighted by atomic mass is 9.79. The molecule has 1 rings (SSSR count). The van der Waals surface area contributed by atoms with Gasteiger partial charge in [0.05, 0.1) is 0 Å². The van der Waals surface area contributed by atoms with Gasteiger partial charge in [-0.05, 0) is 48.9 Å². The number of halogens is 1. The summed E-state index contributed by atoms with van der Waals surface area (Å²) in [6, 6.07) is 5.98. The van der Waals surface area contributed by atoms with Crippen molar-refractivity contribution in [1.82, 2.24) is 0 Å². The van der Waals surface area contributed by atoms with Crippen molar-refractivity contribution in [2.75, 3.05) is 6.16 Å².